The predicted octanol–water partition coefficient (Wildman–Crippen LogP) is 2.27. The molecule has 0 heterocycles. The topological polar surface area (TPSA) is 81.4 Å². The summed E-state index contributed by atoms with van der Waals surface area (Å²) in [6, 6.07) is 5.22. The zero-order valence-electron chi connectivity index (χ0n) is 6.42. The molecular weight excluding hydrogens is 175 g/mol. The molecule has 13 heavy (non-hydrogen) atoms. The number of halogens is 1. The number of benzene rings is 1. The lowest BCUT2D eigenvalue weighted by atomic mass is 10.2. The quantitative estimate of drug-likeness (QED) is 0.134. The Hall–Kier alpha value is -2.07. The predicted molar refractivity (Wildman–Crippen MR) is 43.9 cm³/mol. The molecular formula is C7H5FN4O. The molecule has 0 saturated carbocycles. The molecule has 0 radical (unpaired) electrons. The van der Waals surface area contributed by atoms with E-state index in [1.807, 2.05) is 0 Å². The normalized spacial score (nSPS) is 10.7. The van der Waals surface area contributed by atoms with E-state index in [0.717, 1.165) is 6.07 Å². The highest BCUT2D eigenvalue weighted by atomic mass is 19.1. The van der Waals surface area contributed by atoms with Crippen molar-refractivity contribution in [3.63, 3.8) is 0 Å². The van der Waals surface area contributed by atoms with Crippen LogP contribution in [0, 0.1) is 5.82 Å². The van der Waals surface area contributed by atoms with Crippen molar-refractivity contribution in [3.05, 3.63) is 46.1 Å². The molecule has 0 aliphatic carbocycles. The number of hydrogen-bond acceptors (Lipinski definition) is 2. The fourth-order valence-corrected chi connectivity index (χ4v) is 0.805. The van der Waals surface area contributed by atoms with Gasteiger partial charge in [0.1, 0.15) is 5.82 Å². The van der Waals surface area contributed by atoms with Gasteiger partial charge in [-0.15, -0.1) is 0 Å². The molecule has 1 N–H and O–H groups in total. The van der Waals surface area contributed by atoms with Crippen molar-refractivity contribution in [3.8, 4) is 0 Å². The summed E-state index contributed by atoms with van der Waals surface area (Å²) in [5.41, 5.74) is 8.29. The molecule has 0 aromatic heterocycles. The average molecular weight is 180 g/mol. The van der Waals surface area contributed by atoms with Crippen LogP contribution in [0.2, 0.25) is 0 Å². The number of azide groups is 1. The van der Waals surface area contributed by atoms with Crippen LogP contribution in [0.1, 0.15) is 5.56 Å². The van der Waals surface area contributed by atoms with E-state index in [-0.39, 0.29) is 11.4 Å². The lowest BCUT2D eigenvalue weighted by Gasteiger charge is -1.96. The molecule has 0 aliphatic heterocycles. The van der Waals surface area contributed by atoms with Crippen LogP contribution in [0.25, 0.3) is 10.4 Å². The SMILES string of the molecule is [N-]=[N+]=N/C(=N\O)c1cccc(F)c1. The molecule has 6 heteroatoms. The maximum Gasteiger partial charge on any atom is 0.173 e. The molecule has 0 unspecified atom stereocenters. The molecule has 0 fully saturated rings. The van der Waals surface area contributed by atoms with Crippen LogP contribution in [-0.4, -0.2) is 11.0 Å². The van der Waals surface area contributed by atoms with E-state index in [1.54, 1.807) is 0 Å². The van der Waals surface area contributed by atoms with Crippen LogP contribution < -0.4 is 0 Å². The standard InChI is InChI=1S/C7H5FN4O/c8-6-3-1-2-5(4-6)7(11-13)10-12-9/h1-4,13H/b11-7-. The number of hydrogen-bond donors (Lipinski definition) is 1. The van der Waals surface area contributed by atoms with Gasteiger partial charge in [0.25, 0.3) is 0 Å². The highest BCUT2D eigenvalue weighted by molar-refractivity contribution is 5.98. The first-order chi connectivity index (χ1) is 6.27. The summed E-state index contributed by atoms with van der Waals surface area (Å²) in [7, 11) is 0. The number of oxime groups is 1. The summed E-state index contributed by atoms with van der Waals surface area (Å²) in [6.07, 6.45) is 0. The average Bonchev–Trinajstić information content (AvgIpc) is 2.14. The third-order valence-corrected chi connectivity index (χ3v) is 1.32. The Morgan fingerprint density at radius 3 is 2.85 bits per heavy atom. The lowest BCUT2D eigenvalue weighted by molar-refractivity contribution is 0.318. The Morgan fingerprint density at radius 2 is 2.31 bits per heavy atom. The minimum absolute atomic E-state index is 0.223. The third-order valence-electron chi connectivity index (χ3n) is 1.32. The van der Waals surface area contributed by atoms with Crippen LogP contribution >= 0.6 is 0 Å². The monoisotopic (exact) mass is 180 g/mol. The van der Waals surface area contributed by atoms with Crippen molar-refractivity contribution >= 4 is 5.84 Å². The fourth-order valence-electron chi connectivity index (χ4n) is 0.805. The van der Waals surface area contributed by atoms with Crippen molar-refractivity contribution in [2.24, 2.45) is 10.3 Å². The molecule has 0 amide bonds. The van der Waals surface area contributed by atoms with Crippen molar-refractivity contribution in [1.82, 2.24) is 0 Å². The maximum atomic E-state index is 12.6. The second-order valence-electron chi connectivity index (χ2n) is 2.12. The van der Waals surface area contributed by atoms with Gasteiger partial charge in [-0.3, -0.25) is 0 Å². The minimum atomic E-state index is -0.494. The summed E-state index contributed by atoms with van der Waals surface area (Å²) in [5.74, 6) is -0.756. The van der Waals surface area contributed by atoms with E-state index in [2.05, 4.69) is 15.2 Å². The highest BCUT2D eigenvalue weighted by Gasteiger charge is 2.01. The molecule has 1 aromatic rings. The summed E-state index contributed by atoms with van der Waals surface area (Å²) < 4.78 is 12.6. The van der Waals surface area contributed by atoms with Gasteiger partial charge in [0, 0.05) is 10.5 Å². The van der Waals surface area contributed by atoms with Crippen LogP contribution in [0.3, 0.4) is 0 Å². The molecule has 1 rings (SSSR count). The van der Waals surface area contributed by atoms with E-state index in [9.17, 15) is 4.39 Å². The zero-order chi connectivity index (χ0) is 9.68. The molecule has 66 valence electrons. The third kappa shape index (κ3) is 2.18. The fraction of sp³-hybridized carbons (Fsp3) is 0. The second-order valence-corrected chi connectivity index (χ2v) is 2.12. The summed E-state index contributed by atoms with van der Waals surface area (Å²) in [6.45, 7) is 0. The van der Waals surface area contributed by atoms with E-state index >= 15 is 0 Å². The first-order valence-corrected chi connectivity index (χ1v) is 3.31. The number of rotatable bonds is 1. The molecule has 0 saturated heterocycles. The summed E-state index contributed by atoms with van der Waals surface area (Å²) in [5, 5.41) is 14.2. The summed E-state index contributed by atoms with van der Waals surface area (Å²) >= 11 is 0. The molecule has 5 nitrogen and oxygen atoms in total. The van der Waals surface area contributed by atoms with Crippen molar-refractivity contribution in [1.29, 1.82) is 0 Å². The molecule has 0 bridgehead atoms. The van der Waals surface area contributed by atoms with Crippen molar-refractivity contribution < 1.29 is 9.60 Å². The van der Waals surface area contributed by atoms with Crippen LogP contribution in [-0.2, 0) is 0 Å². The number of nitrogens with zero attached hydrogens (tertiary/aromatic N) is 4. The van der Waals surface area contributed by atoms with E-state index in [1.165, 1.54) is 18.2 Å². The number of amidine groups is 1. The largest absolute Gasteiger partial charge is 0.410 e. The van der Waals surface area contributed by atoms with E-state index in [0.29, 0.717) is 0 Å². The van der Waals surface area contributed by atoms with Gasteiger partial charge in [-0.2, -0.15) is 0 Å². The Labute approximate surface area is 72.7 Å². The van der Waals surface area contributed by atoms with E-state index < -0.39 is 5.82 Å². The highest BCUT2D eigenvalue weighted by Crippen LogP contribution is 2.05. The summed E-state index contributed by atoms with van der Waals surface area (Å²) in [4.78, 5) is 2.42. The Balaban J connectivity index is 3.13. The molecule has 0 atom stereocenters. The van der Waals surface area contributed by atoms with Gasteiger partial charge < -0.3 is 5.21 Å². The van der Waals surface area contributed by atoms with Gasteiger partial charge in [-0.05, 0) is 22.8 Å². The van der Waals surface area contributed by atoms with Crippen molar-refractivity contribution in [2.75, 3.05) is 0 Å². The Bertz CT molecular complexity index is 384. The maximum absolute atomic E-state index is 12.6. The van der Waals surface area contributed by atoms with E-state index in [4.69, 9.17) is 10.7 Å². The molecule has 1 aromatic carbocycles. The lowest BCUT2D eigenvalue weighted by Crippen LogP contribution is -1.95. The van der Waals surface area contributed by atoms with Crippen LogP contribution in [0.5, 0.6) is 0 Å². The van der Waals surface area contributed by atoms with Crippen LogP contribution in [0.4, 0.5) is 4.39 Å². The molecule has 0 aliphatic rings. The zero-order valence-corrected chi connectivity index (χ0v) is 6.42. The van der Waals surface area contributed by atoms with Gasteiger partial charge in [0.2, 0.25) is 0 Å². The Kier molecular flexibility index (Phi) is 2.83. The van der Waals surface area contributed by atoms with Crippen molar-refractivity contribution in [2.45, 2.75) is 0 Å². The van der Waals surface area contributed by atoms with Gasteiger partial charge in [-0.25, -0.2) is 4.39 Å². The van der Waals surface area contributed by atoms with Gasteiger partial charge in [0.05, 0.1) is 0 Å². The van der Waals surface area contributed by atoms with Gasteiger partial charge in [-0.1, -0.05) is 17.3 Å². The smallest absolute Gasteiger partial charge is 0.173 e. The first kappa shape index (κ1) is 9.02. The van der Waals surface area contributed by atoms with Gasteiger partial charge >= 0.3 is 0 Å². The first-order valence-electron chi connectivity index (χ1n) is 3.31. The second kappa shape index (κ2) is 4.08. The Morgan fingerprint density at radius 1 is 1.54 bits per heavy atom. The van der Waals surface area contributed by atoms with Gasteiger partial charge in [0.15, 0.2) is 5.84 Å². The van der Waals surface area contributed by atoms with Crippen LogP contribution in [0.15, 0.2) is 34.5 Å². The molecule has 0 spiro atoms. The minimum Gasteiger partial charge on any atom is -0.410 e.